The molecule has 1 N–H and O–H groups in total. The summed E-state index contributed by atoms with van der Waals surface area (Å²) in [7, 11) is 0. The maximum absolute atomic E-state index is 13.2. The van der Waals surface area contributed by atoms with Crippen LogP contribution in [0, 0.1) is 6.92 Å². The largest absolute Gasteiger partial charge is 0.490 e. The van der Waals surface area contributed by atoms with Crippen molar-refractivity contribution in [2.24, 2.45) is 0 Å². The van der Waals surface area contributed by atoms with Crippen LogP contribution in [0.25, 0.3) is 11.3 Å². The molecule has 0 spiro atoms. The number of benzene rings is 1. The molecule has 0 saturated carbocycles. The second-order valence-corrected chi connectivity index (χ2v) is 8.73. The Bertz CT molecular complexity index is 1100. The number of allylic oxidation sites excluding steroid dienone is 1. The van der Waals surface area contributed by atoms with Crippen LogP contribution in [0.2, 0.25) is 0 Å². The molecule has 174 valence electrons. The lowest BCUT2D eigenvalue weighted by atomic mass is 9.93. The molecule has 1 fully saturated rings. The molecule has 0 unspecified atom stereocenters. The first-order valence-corrected chi connectivity index (χ1v) is 11.6. The summed E-state index contributed by atoms with van der Waals surface area (Å²) in [4.78, 5) is 20.7. The predicted molar refractivity (Wildman–Crippen MR) is 132 cm³/mol. The van der Waals surface area contributed by atoms with Gasteiger partial charge in [-0.2, -0.15) is 0 Å². The van der Waals surface area contributed by atoms with E-state index < -0.39 is 0 Å². The van der Waals surface area contributed by atoms with Gasteiger partial charge in [0.1, 0.15) is 5.75 Å². The molecule has 2 aromatic rings. The van der Waals surface area contributed by atoms with E-state index in [1.54, 1.807) is 0 Å². The molecule has 0 atom stereocenters. The summed E-state index contributed by atoms with van der Waals surface area (Å²) in [6.45, 7) is 15.4. The van der Waals surface area contributed by atoms with E-state index in [1.165, 1.54) is 0 Å². The first kappa shape index (κ1) is 22.9. The molecule has 2 aliphatic heterocycles. The summed E-state index contributed by atoms with van der Waals surface area (Å²) in [5.74, 6) is 0.595. The Morgan fingerprint density at radius 1 is 1.27 bits per heavy atom. The molecule has 6 nitrogen and oxygen atoms in total. The number of hydrogen-bond acceptors (Lipinski definition) is 4. The standard InChI is InChI=1S/C27H33N3O3/c1-6-7-10-30-17-24(23-15-19(4)28-26(23)20(30)5)21-8-9-22(25(16-21)33-18(2)3)27(31)29-11-13-32-14-12-29/h6-9,15-18,28H,5,10-14H2,1-4H3/b7-6+. The van der Waals surface area contributed by atoms with Crippen LogP contribution in [-0.2, 0) is 4.74 Å². The summed E-state index contributed by atoms with van der Waals surface area (Å²) >= 11 is 0. The summed E-state index contributed by atoms with van der Waals surface area (Å²) in [6.07, 6.45) is 6.23. The van der Waals surface area contributed by atoms with Gasteiger partial charge >= 0.3 is 0 Å². The molecule has 0 aliphatic carbocycles. The normalized spacial score (nSPS) is 16.4. The SMILES string of the molecule is C=C1c2[nH]c(C)cc2C(c2ccc(C(=O)N3CCOCC3)c(OC(C)C)c2)=CN1C/C=C/C. The minimum atomic E-state index is -0.0483. The fourth-order valence-electron chi connectivity index (χ4n) is 4.24. The van der Waals surface area contributed by atoms with E-state index in [1.807, 2.05) is 49.9 Å². The number of fused-ring (bicyclic) bond motifs is 1. The number of nitrogens with one attached hydrogen (secondary N) is 1. The average molecular weight is 448 g/mol. The molecule has 0 bridgehead atoms. The molecule has 6 heteroatoms. The molecular weight excluding hydrogens is 414 g/mol. The van der Waals surface area contributed by atoms with Crippen LogP contribution in [0.4, 0.5) is 0 Å². The minimum absolute atomic E-state index is 0.0145. The molecule has 0 radical (unpaired) electrons. The van der Waals surface area contributed by atoms with Crippen molar-refractivity contribution in [3.05, 3.63) is 77.3 Å². The minimum Gasteiger partial charge on any atom is -0.490 e. The Balaban J connectivity index is 1.76. The van der Waals surface area contributed by atoms with Crippen molar-refractivity contribution in [1.82, 2.24) is 14.8 Å². The van der Waals surface area contributed by atoms with E-state index in [-0.39, 0.29) is 12.0 Å². The van der Waals surface area contributed by atoms with E-state index in [4.69, 9.17) is 9.47 Å². The van der Waals surface area contributed by atoms with Crippen LogP contribution >= 0.6 is 0 Å². The van der Waals surface area contributed by atoms with Gasteiger partial charge in [0.2, 0.25) is 0 Å². The first-order valence-electron chi connectivity index (χ1n) is 11.6. The highest BCUT2D eigenvalue weighted by Gasteiger charge is 2.26. The summed E-state index contributed by atoms with van der Waals surface area (Å²) in [5.41, 5.74) is 6.82. The number of aryl methyl sites for hydroxylation is 1. The highest BCUT2D eigenvalue weighted by molar-refractivity contribution is 5.98. The number of aromatic nitrogens is 1. The van der Waals surface area contributed by atoms with Gasteiger partial charge in [-0.15, -0.1) is 0 Å². The molecule has 2 aliphatic rings. The van der Waals surface area contributed by atoms with Gasteiger partial charge in [0.05, 0.1) is 36.3 Å². The molecule has 33 heavy (non-hydrogen) atoms. The summed E-state index contributed by atoms with van der Waals surface area (Å²) in [6, 6.07) is 8.05. The maximum Gasteiger partial charge on any atom is 0.257 e. The van der Waals surface area contributed by atoms with Crippen LogP contribution in [0.1, 0.15) is 53.6 Å². The zero-order valence-electron chi connectivity index (χ0n) is 20.0. The molecule has 1 aromatic heterocycles. The number of H-pyrrole nitrogens is 1. The number of hydrogen-bond donors (Lipinski definition) is 1. The van der Waals surface area contributed by atoms with E-state index in [0.29, 0.717) is 37.6 Å². The Hall–Kier alpha value is -3.25. The van der Waals surface area contributed by atoms with Gasteiger partial charge in [-0.25, -0.2) is 0 Å². The number of aromatic amines is 1. The van der Waals surface area contributed by atoms with Crippen molar-refractivity contribution in [3.8, 4) is 5.75 Å². The van der Waals surface area contributed by atoms with Crippen molar-refractivity contribution in [3.63, 3.8) is 0 Å². The van der Waals surface area contributed by atoms with Gasteiger partial charge in [-0.05, 0) is 51.5 Å². The molecule has 4 rings (SSSR count). The van der Waals surface area contributed by atoms with Crippen LogP contribution in [0.5, 0.6) is 5.75 Å². The van der Waals surface area contributed by atoms with E-state index in [0.717, 1.165) is 40.3 Å². The lowest BCUT2D eigenvalue weighted by Gasteiger charge is -2.29. The van der Waals surface area contributed by atoms with Crippen LogP contribution in [-0.4, -0.2) is 59.6 Å². The zero-order chi connectivity index (χ0) is 23.5. The van der Waals surface area contributed by atoms with Gasteiger partial charge in [-0.3, -0.25) is 4.79 Å². The zero-order valence-corrected chi connectivity index (χ0v) is 20.0. The smallest absolute Gasteiger partial charge is 0.257 e. The van der Waals surface area contributed by atoms with Crippen molar-refractivity contribution < 1.29 is 14.3 Å². The van der Waals surface area contributed by atoms with Crippen molar-refractivity contribution in [2.45, 2.75) is 33.8 Å². The highest BCUT2D eigenvalue weighted by atomic mass is 16.5. The van der Waals surface area contributed by atoms with Crippen molar-refractivity contribution in [1.29, 1.82) is 0 Å². The number of nitrogens with zero attached hydrogens (tertiary/aromatic N) is 2. The molecular formula is C27H33N3O3. The van der Waals surface area contributed by atoms with Gasteiger partial charge in [0.15, 0.2) is 0 Å². The summed E-state index contributed by atoms with van der Waals surface area (Å²) < 4.78 is 11.5. The topological polar surface area (TPSA) is 57.8 Å². The lowest BCUT2D eigenvalue weighted by molar-refractivity contribution is 0.0299. The number of carbonyl (C=O) groups is 1. The number of ether oxygens (including phenoxy) is 2. The van der Waals surface area contributed by atoms with Crippen molar-refractivity contribution in [2.75, 3.05) is 32.8 Å². The third-order valence-electron chi connectivity index (χ3n) is 5.88. The Morgan fingerprint density at radius 2 is 2.03 bits per heavy atom. The second-order valence-electron chi connectivity index (χ2n) is 8.73. The van der Waals surface area contributed by atoms with Crippen LogP contribution in [0.3, 0.4) is 0 Å². The van der Waals surface area contributed by atoms with Crippen LogP contribution in [0.15, 0.2) is 49.2 Å². The third-order valence-corrected chi connectivity index (χ3v) is 5.88. The van der Waals surface area contributed by atoms with Crippen molar-refractivity contribution >= 4 is 17.2 Å². The molecule has 1 aromatic carbocycles. The van der Waals surface area contributed by atoms with Gasteiger partial charge in [0, 0.05) is 42.7 Å². The predicted octanol–water partition coefficient (Wildman–Crippen LogP) is 4.83. The van der Waals surface area contributed by atoms with Crippen LogP contribution < -0.4 is 4.74 Å². The second kappa shape index (κ2) is 9.71. The summed E-state index contributed by atoms with van der Waals surface area (Å²) in [5, 5.41) is 0. The number of rotatable bonds is 6. The molecule has 1 amide bonds. The quantitative estimate of drug-likeness (QED) is 0.644. The van der Waals surface area contributed by atoms with E-state index in [2.05, 4.69) is 41.7 Å². The van der Waals surface area contributed by atoms with E-state index in [9.17, 15) is 4.79 Å². The van der Waals surface area contributed by atoms with E-state index >= 15 is 0 Å². The fourth-order valence-corrected chi connectivity index (χ4v) is 4.24. The fraction of sp³-hybridized carbons (Fsp3) is 0.370. The number of amides is 1. The third kappa shape index (κ3) is 4.76. The van der Waals surface area contributed by atoms with Gasteiger partial charge in [0.25, 0.3) is 5.91 Å². The number of carbonyl (C=O) groups excluding carboxylic acids is 1. The lowest BCUT2D eigenvalue weighted by Crippen LogP contribution is -2.40. The monoisotopic (exact) mass is 447 g/mol. The average Bonchev–Trinajstić information content (AvgIpc) is 3.20. The van der Waals surface area contributed by atoms with Gasteiger partial charge in [-0.1, -0.05) is 24.8 Å². The number of morpholine rings is 1. The molecule has 1 saturated heterocycles. The van der Waals surface area contributed by atoms with Gasteiger partial charge < -0.3 is 24.3 Å². The first-order chi connectivity index (χ1) is 15.9. The molecule has 3 heterocycles. The Kier molecular flexibility index (Phi) is 6.75. The Morgan fingerprint density at radius 3 is 2.73 bits per heavy atom. The maximum atomic E-state index is 13.2. The Labute approximate surface area is 196 Å². The highest BCUT2D eigenvalue weighted by Crippen LogP contribution is 2.38.